The Hall–Kier alpha value is -0.175. The minimum Gasteiger partial charge on any atom is -0.383 e. The lowest BCUT2D eigenvalue weighted by molar-refractivity contribution is 0.0381. The van der Waals surface area contributed by atoms with Crippen LogP contribution in [0, 0.1) is 0 Å². The second-order valence-electron chi connectivity index (χ2n) is 2.88. The van der Waals surface area contributed by atoms with Gasteiger partial charge in [-0.25, -0.2) is 0 Å². The van der Waals surface area contributed by atoms with Crippen molar-refractivity contribution in [2.24, 2.45) is 0 Å². The number of rotatable bonds is 12. The average molecular weight is 332 g/mol. The molecule has 0 bridgehead atoms. The van der Waals surface area contributed by atoms with Crippen LogP contribution in [0.4, 0.5) is 0 Å². The minimum atomic E-state index is -0.694. The van der Waals surface area contributed by atoms with Gasteiger partial charge in [0, 0.05) is 21.3 Å². The molecule has 144 valence electrons. The van der Waals surface area contributed by atoms with Gasteiger partial charge in [-0.3, -0.25) is 0 Å². The smallest absolute Gasteiger partial charge is 0.383 e. The van der Waals surface area contributed by atoms with Crippen molar-refractivity contribution in [1.82, 2.24) is 0 Å². The van der Waals surface area contributed by atoms with Crippen LogP contribution < -0.4 is 0 Å². The van der Waals surface area contributed by atoms with Gasteiger partial charge in [0.2, 0.25) is 0 Å². The molecule has 0 aromatic carbocycles. The van der Waals surface area contributed by atoms with Gasteiger partial charge in [-0.15, -0.1) is 0 Å². The molecule has 0 atom stereocenters. The van der Waals surface area contributed by atoms with Crippen LogP contribution in [0.15, 0.2) is 0 Å². The Morgan fingerprint density at radius 1 is 0.455 bits per heavy atom. The molecule has 0 amide bonds. The van der Waals surface area contributed by atoms with E-state index in [0.29, 0.717) is 39.6 Å². The third kappa shape index (κ3) is 32.0. The molecule has 0 saturated heterocycles. The molecule has 0 aliphatic rings. The van der Waals surface area contributed by atoms with Crippen molar-refractivity contribution in [3.8, 4) is 0 Å². The summed E-state index contributed by atoms with van der Waals surface area (Å²) in [6, 6.07) is 0. The summed E-state index contributed by atoms with van der Waals surface area (Å²) in [6.07, 6.45) is 0. The maximum atomic E-state index is 5.30. The van der Waals surface area contributed by atoms with Crippen molar-refractivity contribution in [1.29, 1.82) is 0 Å². The molecular formula is C15H45BO6. The van der Waals surface area contributed by atoms with E-state index in [1.54, 1.807) is 21.3 Å². The lowest BCUT2D eigenvalue weighted by Gasteiger charge is -2.13. The van der Waals surface area contributed by atoms with Gasteiger partial charge in [0.15, 0.2) is 0 Å². The molecule has 0 N–H and O–H groups in total. The lowest BCUT2D eigenvalue weighted by atomic mass is 10.2. The van der Waals surface area contributed by atoms with Gasteiger partial charge in [-0.2, -0.15) is 0 Å². The lowest BCUT2D eigenvalue weighted by Crippen LogP contribution is -2.31. The fourth-order valence-electron chi connectivity index (χ4n) is 0.827. The third-order valence-corrected chi connectivity index (χ3v) is 1.62. The Labute approximate surface area is 141 Å². The quantitative estimate of drug-likeness (QED) is 0.400. The van der Waals surface area contributed by atoms with Crippen LogP contribution in [0.3, 0.4) is 0 Å². The van der Waals surface area contributed by atoms with Crippen LogP contribution in [0.25, 0.3) is 0 Å². The number of hydrogen-bond acceptors (Lipinski definition) is 6. The van der Waals surface area contributed by atoms with Gasteiger partial charge in [0.1, 0.15) is 0 Å². The van der Waals surface area contributed by atoms with Crippen molar-refractivity contribution in [2.75, 3.05) is 61.0 Å². The first kappa shape index (κ1) is 43.1. The van der Waals surface area contributed by atoms with Gasteiger partial charge in [0.25, 0.3) is 0 Å². The molecule has 0 saturated carbocycles. The molecule has 7 heteroatoms. The summed E-state index contributed by atoms with van der Waals surface area (Å²) in [5.74, 6) is 0. The Morgan fingerprint density at radius 2 is 0.682 bits per heavy atom. The van der Waals surface area contributed by atoms with E-state index in [-0.39, 0.29) is 44.6 Å². The predicted molar refractivity (Wildman–Crippen MR) is 99.6 cm³/mol. The molecule has 0 spiro atoms. The van der Waals surface area contributed by atoms with E-state index >= 15 is 0 Å². The second-order valence-corrected chi connectivity index (χ2v) is 2.88. The summed E-state index contributed by atoms with van der Waals surface area (Å²) < 4.78 is 30.5. The van der Waals surface area contributed by atoms with E-state index in [0.717, 1.165) is 0 Å². The zero-order chi connectivity index (χ0) is 12.1. The molecule has 0 aliphatic heterocycles. The Kier molecular flexibility index (Phi) is 72.9. The standard InChI is InChI=1S/C9H21BO6.6CH4/c1-11-4-7-14-10(15-8-5-12-2)16-9-6-13-3;;;;;;/h4-9H2,1-3H3;6*1H4. The van der Waals surface area contributed by atoms with E-state index in [4.69, 9.17) is 28.2 Å². The predicted octanol–water partition coefficient (Wildman–Crippen LogP) is 3.78. The van der Waals surface area contributed by atoms with E-state index in [2.05, 4.69) is 0 Å². The second kappa shape index (κ2) is 37.2. The normalized spacial score (nSPS) is 7.77. The zero-order valence-corrected chi connectivity index (χ0v) is 10.3. The molecule has 0 aliphatic carbocycles. The first-order valence-electron chi connectivity index (χ1n) is 5.16. The Bertz CT molecular complexity index is 117. The van der Waals surface area contributed by atoms with Crippen LogP contribution in [0.5, 0.6) is 0 Å². The molecule has 0 rings (SSSR count). The SMILES string of the molecule is C.C.C.C.C.C.COCCOB(OCCOC)OCCOC. The summed E-state index contributed by atoms with van der Waals surface area (Å²) >= 11 is 0. The fraction of sp³-hybridized carbons (Fsp3) is 1.00. The summed E-state index contributed by atoms with van der Waals surface area (Å²) in [5.41, 5.74) is 0. The molecular weight excluding hydrogens is 287 g/mol. The van der Waals surface area contributed by atoms with Crippen LogP contribution in [0.2, 0.25) is 0 Å². The van der Waals surface area contributed by atoms with Crippen molar-refractivity contribution in [2.45, 2.75) is 44.6 Å². The summed E-state index contributed by atoms with van der Waals surface area (Å²) in [6.45, 7) is 2.75. The van der Waals surface area contributed by atoms with Crippen molar-refractivity contribution >= 4 is 7.32 Å². The molecule has 0 aromatic heterocycles. The van der Waals surface area contributed by atoms with Crippen molar-refractivity contribution in [3.05, 3.63) is 0 Å². The van der Waals surface area contributed by atoms with Gasteiger partial charge < -0.3 is 28.2 Å². The topological polar surface area (TPSA) is 55.4 Å². The average Bonchev–Trinajstić information content (AvgIpc) is 2.29. The van der Waals surface area contributed by atoms with Crippen LogP contribution in [-0.2, 0) is 28.2 Å². The maximum Gasteiger partial charge on any atom is 0.639 e. The Morgan fingerprint density at radius 3 is 0.864 bits per heavy atom. The molecule has 0 unspecified atom stereocenters. The number of hydrogen-bond donors (Lipinski definition) is 0. The Balaban J connectivity index is -0.0000000750. The first-order chi connectivity index (χ1) is 7.85. The highest BCUT2D eigenvalue weighted by Gasteiger charge is 2.20. The van der Waals surface area contributed by atoms with Crippen LogP contribution in [-0.4, -0.2) is 68.3 Å². The molecule has 6 nitrogen and oxygen atoms in total. The van der Waals surface area contributed by atoms with Crippen molar-refractivity contribution < 1.29 is 28.2 Å². The number of ether oxygens (including phenoxy) is 3. The summed E-state index contributed by atoms with van der Waals surface area (Å²) in [5, 5.41) is 0. The monoisotopic (exact) mass is 332 g/mol. The van der Waals surface area contributed by atoms with Gasteiger partial charge in [-0.1, -0.05) is 44.6 Å². The molecule has 0 aromatic rings. The highest BCUT2D eigenvalue weighted by molar-refractivity contribution is 6.36. The van der Waals surface area contributed by atoms with Gasteiger partial charge in [0.05, 0.1) is 39.6 Å². The fourth-order valence-corrected chi connectivity index (χ4v) is 0.827. The van der Waals surface area contributed by atoms with Crippen molar-refractivity contribution in [3.63, 3.8) is 0 Å². The minimum absolute atomic E-state index is 0. The summed E-state index contributed by atoms with van der Waals surface area (Å²) in [7, 11) is 4.13. The zero-order valence-electron chi connectivity index (χ0n) is 10.3. The highest BCUT2D eigenvalue weighted by atomic mass is 16.7. The van der Waals surface area contributed by atoms with E-state index < -0.39 is 7.32 Å². The van der Waals surface area contributed by atoms with E-state index in [9.17, 15) is 0 Å². The summed E-state index contributed by atoms with van der Waals surface area (Å²) in [4.78, 5) is 0. The van der Waals surface area contributed by atoms with E-state index in [1.807, 2.05) is 0 Å². The van der Waals surface area contributed by atoms with E-state index in [1.165, 1.54) is 0 Å². The first-order valence-corrected chi connectivity index (χ1v) is 5.16. The molecule has 0 heterocycles. The molecule has 22 heavy (non-hydrogen) atoms. The highest BCUT2D eigenvalue weighted by Crippen LogP contribution is 1.93. The van der Waals surface area contributed by atoms with Crippen LogP contribution in [0.1, 0.15) is 44.6 Å². The van der Waals surface area contributed by atoms with Gasteiger partial charge in [-0.05, 0) is 0 Å². The maximum absolute atomic E-state index is 5.30. The van der Waals surface area contributed by atoms with Gasteiger partial charge >= 0.3 is 7.32 Å². The largest absolute Gasteiger partial charge is 0.639 e. The molecule has 0 fully saturated rings. The third-order valence-electron chi connectivity index (χ3n) is 1.62. The van der Waals surface area contributed by atoms with Crippen LogP contribution >= 0.6 is 0 Å². The number of methoxy groups -OCH3 is 3. The molecule has 0 radical (unpaired) electrons.